The van der Waals surface area contributed by atoms with Gasteiger partial charge in [0.2, 0.25) is 5.91 Å². The lowest BCUT2D eigenvalue weighted by Gasteiger charge is -2.17. The molecule has 1 aliphatic heterocycles. The zero-order chi connectivity index (χ0) is 11.9. The Labute approximate surface area is 95.2 Å². The first-order chi connectivity index (χ1) is 7.49. The van der Waals surface area contributed by atoms with Gasteiger partial charge in [0.25, 0.3) is 0 Å². The molecule has 0 radical (unpaired) electrons. The fourth-order valence-corrected chi connectivity index (χ4v) is 1.91. The molecule has 86 valence electrons. The Balaban J connectivity index is 2.41. The molecule has 0 saturated carbocycles. The monoisotopic (exact) mass is 247 g/mol. The molecule has 1 saturated heterocycles. The molecule has 0 aromatic heterocycles. The van der Waals surface area contributed by atoms with E-state index in [1.807, 2.05) is 0 Å². The smallest absolute Gasteiger partial charge is 0.228 e. The van der Waals surface area contributed by atoms with E-state index in [0.717, 1.165) is 11.0 Å². The van der Waals surface area contributed by atoms with Gasteiger partial charge in [-0.3, -0.25) is 4.79 Å². The third kappa shape index (κ3) is 1.82. The van der Waals surface area contributed by atoms with Crippen molar-refractivity contribution in [1.29, 1.82) is 0 Å². The molecule has 1 atom stereocenters. The average molecular weight is 248 g/mol. The predicted molar refractivity (Wildman–Crippen MR) is 54.6 cm³/mol. The number of anilines is 1. The number of carbonyl (C=O) groups is 1. The Morgan fingerprint density at radius 1 is 1.38 bits per heavy atom. The molecular weight excluding hydrogens is 240 g/mol. The molecule has 1 N–H and O–H groups in total. The Kier molecular flexibility index (Phi) is 2.71. The van der Waals surface area contributed by atoms with Gasteiger partial charge in [-0.25, -0.2) is 8.78 Å². The Bertz CT molecular complexity index is 453. The Morgan fingerprint density at radius 2 is 2.00 bits per heavy atom. The van der Waals surface area contributed by atoms with Crippen molar-refractivity contribution in [2.24, 2.45) is 0 Å². The van der Waals surface area contributed by atoms with E-state index < -0.39 is 17.4 Å². The minimum Gasteiger partial charge on any atom is -0.506 e. The molecule has 16 heavy (non-hydrogen) atoms. The second kappa shape index (κ2) is 3.90. The topological polar surface area (TPSA) is 40.5 Å². The molecule has 1 unspecified atom stereocenters. The number of phenolic OH excluding ortho intramolecular Hbond substituents is 1. The summed E-state index contributed by atoms with van der Waals surface area (Å²) in [5.41, 5.74) is -0.0490. The first kappa shape index (κ1) is 11.1. The highest BCUT2D eigenvalue weighted by Crippen LogP contribution is 2.33. The molecule has 1 aromatic rings. The maximum atomic E-state index is 13.0. The summed E-state index contributed by atoms with van der Waals surface area (Å²) in [5, 5.41) is 9.06. The van der Waals surface area contributed by atoms with Crippen molar-refractivity contribution in [3.8, 4) is 5.75 Å². The summed E-state index contributed by atoms with van der Waals surface area (Å²) in [7, 11) is 0. The van der Waals surface area contributed by atoms with Crippen molar-refractivity contribution < 1.29 is 18.7 Å². The number of hydrogen-bond donors (Lipinski definition) is 1. The highest BCUT2D eigenvalue weighted by Gasteiger charge is 2.31. The van der Waals surface area contributed by atoms with Gasteiger partial charge < -0.3 is 10.0 Å². The number of halogens is 3. The number of benzene rings is 1. The molecule has 0 aliphatic carbocycles. The molecule has 1 fully saturated rings. The third-order valence-electron chi connectivity index (χ3n) is 2.39. The molecule has 3 nitrogen and oxygen atoms in total. The number of carbonyl (C=O) groups excluding carboxylic acids is 1. The van der Waals surface area contributed by atoms with Gasteiger partial charge in [-0.1, -0.05) is 0 Å². The highest BCUT2D eigenvalue weighted by molar-refractivity contribution is 6.24. The normalized spacial score (nSPS) is 20.6. The van der Waals surface area contributed by atoms with Crippen LogP contribution in [-0.4, -0.2) is 22.9 Å². The number of rotatable bonds is 1. The molecule has 1 amide bonds. The van der Waals surface area contributed by atoms with E-state index in [2.05, 4.69) is 0 Å². The fourth-order valence-electron chi connectivity index (χ4n) is 1.64. The van der Waals surface area contributed by atoms with Crippen LogP contribution < -0.4 is 4.90 Å². The first-order valence-electron chi connectivity index (χ1n) is 4.61. The van der Waals surface area contributed by atoms with Crippen LogP contribution in [0.1, 0.15) is 6.42 Å². The number of aromatic hydroxyl groups is 1. The molecule has 1 aromatic carbocycles. The summed E-state index contributed by atoms with van der Waals surface area (Å²) >= 11 is 5.76. The van der Waals surface area contributed by atoms with E-state index in [4.69, 9.17) is 11.6 Å². The summed E-state index contributed by atoms with van der Waals surface area (Å²) in [6.45, 7) is 0.180. The Hall–Kier alpha value is -1.36. The Morgan fingerprint density at radius 3 is 2.56 bits per heavy atom. The van der Waals surface area contributed by atoms with Crippen LogP contribution in [-0.2, 0) is 4.79 Å². The number of hydrogen-bond acceptors (Lipinski definition) is 2. The second-order valence-corrected chi connectivity index (χ2v) is 4.18. The van der Waals surface area contributed by atoms with E-state index >= 15 is 0 Å². The van der Waals surface area contributed by atoms with Crippen LogP contribution in [0.5, 0.6) is 5.75 Å². The summed E-state index contributed by atoms with van der Waals surface area (Å²) in [5.74, 6) is -3.06. The predicted octanol–water partition coefficient (Wildman–Crippen LogP) is 2.01. The maximum Gasteiger partial charge on any atom is 0.228 e. The molecule has 6 heteroatoms. The van der Waals surface area contributed by atoms with Gasteiger partial charge in [0.15, 0.2) is 11.6 Å². The summed E-state index contributed by atoms with van der Waals surface area (Å²) in [4.78, 5) is 12.6. The molecule has 0 bridgehead atoms. The average Bonchev–Trinajstić information content (AvgIpc) is 2.51. The highest BCUT2D eigenvalue weighted by atomic mass is 35.5. The van der Waals surface area contributed by atoms with Crippen LogP contribution in [0.4, 0.5) is 14.5 Å². The van der Waals surface area contributed by atoms with Crippen LogP contribution >= 0.6 is 11.6 Å². The zero-order valence-electron chi connectivity index (χ0n) is 8.08. The standard InChI is InChI=1S/C10H8ClF2NO2/c11-5-1-10(16)14(4-5)8-2-6(12)7(13)3-9(8)15/h2-3,5,15H,1,4H2. The van der Waals surface area contributed by atoms with Gasteiger partial charge in [-0.05, 0) is 0 Å². The van der Waals surface area contributed by atoms with Crippen LogP contribution in [0.15, 0.2) is 12.1 Å². The lowest BCUT2D eigenvalue weighted by molar-refractivity contribution is -0.117. The minimum absolute atomic E-state index is 0.0490. The van der Waals surface area contributed by atoms with Gasteiger partial charge in [-0.2, -0.15) is 0 Å². The zero-order valence-corrected chi connectivity index (χ0v) is 8.84. The molecule has 1 aliphatic rings. The van der Waals surface area contributed by atoms with Gasteiger partial charge in [-0.15, -0.1) is 11.6 Å². The van der Waals surface area contributed by atoms with Crippen molar-refractivity contribution in [2.75, 3.05) is 11.4 Å². The van der Waals surface area contributed by atoms with E-state index in [1.165, 1.54) is 0 Å². The second-order valence-electron chi connectivity index (χ2n) is 3.56. The largest absolute Gasteiger partial charge is 0.506 e. The quantitative estimate of drug-likeness (QED) is 0.772. The van der Waals surface area contributed by atoms with Gasteiger partial charge in [0.1, 0.15) is 5.75 Å². The molecule has 1 heterocycles. The number of amides is 1. The van der Waals surface area contributed by atoms with E-state index in [1.54, 1.807) is 0 Å². The molecule has 0 spiro atoms. The lowest BCUT2D eigenvalue weighted by Crippen LogP contribution is -2.24. The number of phenols is 1. The third-order valence-corrected chi connectivity index (χ3v) is 2.68. The summed E-state index contributed by atoms with van der Waals surface area (Å²) in [6.07, 6.45) is 0.125. The number of alkyl halides is 1. The van der Waals surface area contributed by atoms with Gasteiger partial charge in [0, 0.05) is 25.1 Å². The number of nitrogens with zero attached hydrogens (tertiary/aromatic N) is 1. The minimum atomic E-state index is -1.16. The summed E-state index contributed by atoms with van der Waals surface area (Å²) < 4.78 is 25.7. The van der Waals surface area contributed by atoms with Crippen LogP contribution in [0.3, 0.4) is 0 Å². The van der Waals surface area contributed by atoms with E-state index in [-0.39, 0.29) is 29.9 Å². The van der Waals surface area contributed by atoms with Crippen LogP contribution in [0.25, 0.3) is 0 Å². The molecular formula is C10H8ClF2NO2. The van der Waals surface area contributed by atoms with Crippen molar-refractivity contribution in [2.45, 2.75) is 11.8 Å². The first-order valence-corrected chi connectivity index (χ1v) is 5.05. The van der Waals surface area contributed by atoms with Crippen molar-refractivity contribution in [3.05, 3.63) is 23.8 Å². The van der Waals surface area contributed by atoms with Crippen molar-refractivity contribution in [1.82, 2.24) is 0 Å². The van der Waals surface area contributed by atoms with E-state index in [0.29, 0.717) is 6.07 Å². The van der Waals surface area contributed by atoms with Crippen LogP contribution in [0, 0.1) is 11.6 Å². The van der Waals surface area contributed by atoms with Crippen LogP contribution in [0.2, 0.25) is 0 Å². The SMILES string of the molecule is O=C1CC(Cl)CN1c1cc(F)c(F)cc1O. The van der Waals surface area contributed by atoms with E-state index in [9.17, 15) is 18.7 Å². The maximum absolute atomic E-state index is 13.0. The van der Waals surface area contributed by atoms with Gasteiger partial charge in [0.05, 0.1) is 11.1 Å². The summed E-state index contributed by atoms with van der Waals surface area (Å²) in [6, 6.07) is 1.43. The van der Waals surface area contributed by atoms with Crippen molar-refractivity contribution in [3.63, 3.8) is 0 Å². The van der Waals surface area contributed by atoms with Crippen molar-refractivity contribution >= 4 is 23.2 Å². The lowest BCUT2D eigenvalue weighted by atomic mass is 10.2. The van der Waals surface area contributed by atoms with Gasteiger partial charge >= 0.3 is 0 Å². The molecule has 2 rings (SSSR count). The fraction of sp³-hybridized carbons (Fsp3) is 0.300.